The lowest BCUT2D eigenvalue weighted by Gasteiger charge is -1.70. The van der Waals surface area contributed by atoms with Crippen LogP contribution < -0.4 is 0 Å². The summed E-state index contributed by atoms with van der Waals surface area (Å²) in [5.41, 5.74) is 0. The molecule has 1 fully saturated rings. The monoisotopic (exact) mass is 142 g/mol. The normalized spacial score (nSPS) is 15.4. The van der Waals surface area contributed by atoms with Gasteiger partial charge in [-0.15, -0.1) is 0 Å². The summed E-state index contributed by atoms with van der Waals surface area (Å²) in [4.78, 5) is 0. The van der Waals surface area contributed by atoms with Crippen molar-refractivity contribution in [2.75, 3.05) is 19.8 Å². The third-order valence-electron chi connectivity index (χ3n) is 0.749. The zero-order chi connectivity index (χ0) is 7.66. The molecule has 1 saturated heterocycles. The Kier molecular flexibility index (Phi) is 7.90. The number of rotatable bonds is 2. The van der Waals surface area contributed by atoms with Crippen molar-refractivity contribution in [2.24, 2.45) is 0 Å². The van der Waals surface area contributed by atoms with Gasteiger partial charge in [-0.2, -0.15) is 0 Å². The first-order valence-electron chi connectivity index (χ1n) is 3.38. The maximum absolute atomic E-state index is 8.17. The number of hydrogen-bond donors (Lipinski definition) is 1. The summed E-state index contributed by atoms with van der Waals surface area (Å²) in [7, 11) is 0. The van der Waals surface area contributed by atoms with Gasteiger partial charge in [0.05, 0.1) is 19.8 Å². The van der Waals surface area contributed by atoms with E-state index in [1.54, 1.807) is 12.2 Å². The van der Waals surface area contributed by atoms with Gasteiger partial charge in [-0.3, -0.25) is 0 Å². The first-order chi connectivity index (χ1) is 4.91. The molecule has 0 spiro atoms. The molecule has 1 heterocycles. The van der Waals surface area contributed by atoms with Crippen LogP contribution in [0.2, 0.25) is 0 Å². The van der Waals surface area contributed by atoms with Crippen molar-refractivity contribution in [3.8, 4) is 0 Å². The van der Waals surface area contributed by atoms with Crippen LogP contribution in [0.1, 0.15) is 6.92 Å². The Balaban J connectivity index is 0.000000219. The molecule has 0 unspecified atom stereocenters. The molecular formula is C8H14O2. The van der Waals surface area contributed by atoms with E-state index in [4.69, 9.17) is 5.11 Å². The number of epoxide rings is 1. The van der Waals surface area contributed by atoms with Crippen LogP contribution in [0.15, 0.2) is 24.3 Å². The van der Waals surface area contributed by atoms with E-state index >= 15 is 0 Å². The Hall–Kier alpha value is -0.600. The van der Waals surface area contributed by atoms with E-state index in [0.29, 0.717) is 0 Å². The molecule has 1 aliphatic rings. The predicted octanol–water partition coefficient (Wildman–Crippen LogP) is 1.13. The SMILES string of the molecule is C/C=C/C=C/CO.C1CO1. The Morgan fingerprint density at radius 2 is 2.00 bits per heavy atom. The smallest absolute Gasteiger partial charge is 0.0701 e. The molecule has 0 aromatic rings. The molecular weight excluding hydrogens is 128 g/mol. The first-order valence-corrected chi connectivity index (χ1v) is 3.38. The molecule has 0 bridgehead atoms. The second kappa shape index (κ2) is 8.40. The van der Waals surface area contributed by atoms with Gasteiger partial charge < -0.3 is 9.84 Å². The average molecular weight is 142 g/mol. The molecule has 0 aromatic carbocycles. The van der Waals surface area contributed by atoms with E-state index in [1.807, 2.05) is 19.1 Å². The number of hydrogen-bond acceptors (Lipinski definition) is 2. The molecule has 1 rings (SSSR count). The fraction of sp³-hybridized carbons (Fsp3) is 0.500. The molecule has 10 heavy (non-hydrogen) atoms. The number of ether oxygens (including phenoxy) is 1. The highest BCUT2D eigenvalue weighted by Gasteiger charge is 1.94. The number of allylic oxidation sites excluding steroid dienone is 3. The topological polar surface area (TPSA) is 32.8 Å². The highest BCUT2D eigenvalue weighted by molar-refractivity contribution is 5.00. The van der Waals surface area contributed by atoms with Crippen molar-refractivity contribution in [2.45, 2.75) is 6.92 Å². The van der Waals surface area contributed by atoms with Crippen molar-refractivity contribution in [3.63, 3.8) is 0 Å². The standard InChI is InChI=1S/C6H10O.C2H4O/c1-2-3-4-5-6-7;1-2-3-1/h2-5,7H,6H2,1H3;1-2H2/b3-2+,5-4+;. The molecule has 2 nitrogen and oxygen atoms in total. The van der Waals surface area contributed by atoms with E-state index in [-0.39, 0.29) is 6.61 Å². The van der Waals surface area contributed by atoms with Gasteiger partial charge in [-0.25, -0.2) is 0 Å². The van der Waals surface area contributed by atoms with E-state index in [1.165, 1.54) is 0 Å². The molecule has 0 aromatic heterocycles. The number of aliphatic hydroxyl groups is 1. The van der Waals surface area contributed by atoms with E-state index in [0.717, 1.165) is 13.2 Å². The molecule has 0 aliphatic carbocycles. The van der Waals surface area contributed by atoms with Gasteiger partial charge in [0.2, 0.25) is 0 Å². The minimum Gasteiger partial charge on any atom is -0.392 e. The third-order valence-corrected chi connectivity index (χ3v) is 0.749. The largest absolute Gasteiger partial charge is 0.392 e. The first kappa shape index (κ1) is 9.40. The second-order valence-electron chi connectivity index (χ2n) is 1.75. The highest BCUT2D eigenvalue weighted by Crippen LogP contribution is 1.84. The molecule has 0 amide bonds. The van der Waals surface area contributed by atoms with E-state index in [9.17, 15) is 0 Å². The van der Waals surface area contributed by atoms with Crippen LogP contribution in [0.3, 0.4) is 0 Å². The molecule has 0 atom stereocenters. The summed E-state index contributed by atoms with van der Waals surface area (Å²) in [6.45, 7) is 4.06. The van der Waals surface area contributed by atoms with Gasteiger partial charge in [0.1, 0.15) is 0 Å². The summed E-state index contributed by atoms with van der Waals surface area (Å²) >= 11 is 0. The molecule has 1 aliphatic heterocycles. The fourth-order valence-corrected chi connectivity index (χ4v) is 0.251. The predicted molar refractivity (Wildman–Crippen MR) is 41.9 cm³/mol. The van der Waals surface area contributed by atoms with Gasteiger partial charge in [0.15, 0.2) is 0 Å². The quantitative estimate of drug-likeness (QED) is 0.463. The van der Waals surface area contributed by atoms with Crippen molar-refractivity contribution >= 4 is 0 Å². The van der Waals surface area contributed by atoms with Gasteiger partial charge in [0.25, 0.3) is 0 Å². The zero-order valence-corrected chi connectivity index (χ0v) is 6.29. The van der Waals surface area contributed by atoms with E-state index in [2.05, 4.69) is 4.74 Å². The number of aliphatic hydroxyl groups excluding tert-OH is 1. The van der Waals surface area contributed by atoms with Crippen LogP contribution in [0.25, 0.3) is 0 Å². The summed E-state index contributed by atoms with van der Waals surface area (Å²) in [6.07, 6.45) is 7.27. The van der Waals surface area contributed by atoms with Crippen molar-refractivity contribution in [3.05, 3.63) is 24.3 Å². The third kappa shape index (κ3) is 15.7. The fourth-order valence-electron chi connectivity index (χ4n) is 0.251. The van der Waals surface area contributed by atoms with Crippen LogP contribution in [0.4, 0.5) is 0 Å². The maximum atomic E-state index is 8.17. The second-order valence-corrected chi connectivity index (χ2v) is 1.75. The minimum absolute atomic E-state index is 0.129. The lowest BCUT2D eigenvalue weighted by molar-refractivity contribution is 0.343. The van der Waals surface area contributed by atoms with Crippen LogP contribution in [0.5, 0.6) is 0 Å². The van der Waals surface area contributed by atoms with Gasteiger partial charge in [-0.1, -0.05) is 24.3 Å². The molecule has 2 heteroatoms. The van der Waals surface area contributed by atoms with E-state index < -0.39 is 0 Å². The molecule has 0 radical (unpaired) electrons. The van der Waals surface area contributed by atoms with Crippen LogP contribution in [0, 0.1) is 0 Å². The van der Waals surface area contributed by atoms with Crippen molar-refractivity contribution in [1.82, 2.24) is 0 Å². The van der Waals surface area contributed by atoms with Gasteiger partial charge in [-0.05, 0) is 6.92 Å². The Morgan fingerprint density at radius 1 is 1.40 bits per heavy atom. The lowest BCUT2D eigenvalue weighted by Crippen LogP contribution is -1.66. The van der Waals surface area contributed by atoms with Gasteiger partial charge >= 0.3 is 0 Å². The Labute approximate surface area is 61.8 Å². The Bertz CT molecular complexity index is 101. The van der Waals surface area contributed by atoms with Crippen molar-refractivity contribution < 1.29 is 9.84 Å². The van der Waals surface area contributed by atoms with Gasteiger partial charge in [0, 0.05) is 0 Å². The molecule has 58 valence electrons. The maximum Gasteiger partial charge on any atom is 0.0701 e. The summed E-state index contributed by atoms with van der Waals surface area (Å²) in [5.74, 6) is 0. The molecule has 1 N–H and O–H groups in total. The molecule has 0 saturated carbocycles. The van der Waals surface area contributed by atoms with Crippen LogP contribution in [-0.2, 0) is 4.74 Å². The van der Waals surface area contributed by atoms with Crippen LogP contribution in [-0.4, -0.2) is 24.9 Å². The lowest BCUT2D eigenvalue weighted by atomic mass is 10.4. The zero-order valence-electron chi connectivity index (χ0n) is 6.29. The Morgan fingerprint density at radius 3 is 2.30 bits per heavy atom. The average Bonchev–Trinajstić information content (AvgIpc) is 2.73. The minimum atomic E-state index is 0.129. The van der Waals surface area contributed by atoms with Crippen molar-refractivity contribution in [1.29, 1.82) is 0 Å². The van der Waals surface area contributed by atoms with Crippen LogP contribution >= 0.6 is 0 Å². The summed E-state index contributed by atoms with van der Waals surface area (Å²) < 4.78 is 4.50. The highest BCUT2D eigenvalue weighted by atomic mass is 16.6. The summed E-state index contributed by atoms with van der Waals surface area (Å²) in [5, 5.41) is 8.17. The summed E-state index contributed by atoms with van der Waals surface area (Å²) in [6, 6.07) is 0.